The molecule has 4 rings (SSSR count). The predicted octanol–water partition coefficient (Wildman–Crippen LogP) is 1.74. The molecule has 1 amide bonds. The molecule has 3 aromatic rings. The first-order valence-electron chi connectivity index (χ1n) is 9.74. The van der Waals surface area contributed by atoms with E-state index in [1.54, 1.807) is 24.5 Å². The first kappa shape index (κ1) is 18.6. The van der Waals surface area contributed by atoms with E-state index in [2.05, 4.69) is 25.8 Å². The molecule has 1 aromatic carbocycles. The van der Waals surface area contributed by atoms with Crippen molar-refractivity contribution in [1.29, 1.82) is 0 Å². The Morgan fingerprint density at radius 2 is 1.86 bits per heavy atom. The fraction of sp³-hybridized carbons (Fsp3) is 0.381. The van der Waals surface area contributed by atoms with Gasteiger partial charge in [0, 0.05) is 57.1 Å². The zero-order valence-corrected chi connectivity index (χ0v) is 15.9. The highest BCUT2D eigenvalue weighted by molar-refractivity contribution is 5.93. The summed E-state index contributed by atoms with van der Waals surface area (Å²) in [6, 6.07) is 11.6. The summed E-state index contributed by atoms with van der Waals surface area (Å²) in [4.78, 5) is 23.4. The van der Waals surface area contributed by atoms with Crippen LogP contribution in [0.15, 0.2) is 48.8 Å². The van der Waals surface area contributed by atoms with Crippen molar-refractivity contribution in [2.45, 2.75) is 13.0 Å². The van der Waals surface area contributed by atoms with Gasteiger partial charge in [-0.2, -0.15) is 0 Å². The maximum Gasteiger partial charge on any atom is 0.251 e. The predicted molar refractivity (Wildman–Crippen MR) is 107 cm³/mol. The third-order valence-electron chi connectivity index (χ3n) is 5.05. The van der Waals surface area contributed by atoms with E-state index < -0.39 is 0 Å². The number of pyridine rings is 1. The maximum atomic E-state index is 12.2. The van der Waals surface area contributed by atoms with Crippen LogP contribution in [-0.2, 0) is 17.7 Å². The number of benzene rings is 1. The van der Waals surface area contributed by atoms with E-state index in [9.17, 15) is 4.79 Å². The Balaban J connectivity index is 1.42. The third-order valence-corrected chi connectivity index (χ3v) is 5.05. The number of carbonyl (C=O) groups excluding carboxylic acids is 1. The van der Waals surface area contributed by atoms with Crippen LogP contribution in [0, 0.1) is 0 Å². The van der Waals surface area contributed by atoms with Crippen LogP contribution in [0.2, 0.25) is 0 Å². The molecule has 0 spiro atoms. The molecule has 0 unspecified atom stereocenters. The second-order valence-electron chi connectivity index (χ2n) is 6.86. The van der Waals surface area contributed by atoms with Crippen molar-refractivity contribution < 1.29 is 9.53 Å². The van der Waals surface area contributed by atoms with Crippen molar-refractivity contribution >= 4 is 16.9 Å². The first-order valence-corrected chi connectivity index (χ1v) is 9.74. The minimum Gasteiger partial charge on any atom is -0.379 e. The minimum absolute atomic E-state index is 0.0848. The number of carbonyl (C=O) groups is 1. The average Bonchev–Trinajstić information content (AvgIpc) is 3.11. The molecule has 0 bridgehead atoms. The summed E-state index contributed by atoms with van der Waals surface area (Å²) in [5.74, 6) is 0.919. The van der Waals surface area contributed by atoms with Crippen molar-refractivity contribution in [2.75, 3.05) is 39.4 Å². The molecule has 7 nitrogen and oxygen atoms in total. The van der Waals surface area contributed by atoms with Gasteiger partial charge < -0.3 is 14.6 Å². The van der Waals surface area contributed by atoms with Crippen molar-refractivity contribution in [3.05, 3.63) is 60.2 Å². The highest BCUT2D eigenvalue weighted by atomic mass is 16.5. The van der Waals surface area contributed by atoms with E-state index in [-0.39, 0.29) is 5.91 Å². The largest absolute Gasteiger partial charge is 0.379 e. The fourth-order valence-corrected chi connectivity index (χ4v) is 3.53. The monoisotopic (exact) mass is 379 g/mol. The number of amides is 1. The normalized spacial score (nSPS) is 15.0. The van der Waals surface area contributed by atoms with Crippen molar-refractivity contribution in [1.82, 2.24) is 24.8 Å². The van der Waals surface area contributed by atoms with Crippen LogP contribution in [-0.4, -0.2) is 64.7 Å². The molecule has 1 fully saturated rings. The summed E-state index contributed by atoms with van der Waals surface area (Å²) in [5.41, 5.74) is 2.77. The summed E-state index contributed by atoms with van der Waals surface area (Å²) in [6.45, 7) is 5.96. The molecule has 0 saturated carbocycles. The van der Waals surface area contributed by atoms with Crippen LogP contribution in [0.4, 0.5) is 0 Å². The first-order chi connectivity index (χ1) is 13.8. The van der Waals surface area contributed by atoms with Gasteiger partial charge in [0.25, 0.3) is 5.91 Å². The van der Waals surface area contributed by atoms with Crippen LogP contribution in [0.5, 0.6) is 0 Å². The van der Waals surface area contributed by atoms with Crippen LogP contribution in [0.25, 0.3) is 11.0 Å². The molecule has 1 saturated heterocycles. The quantitative estimate of drug-likeness (QED) is 0.677. The van der Waals surface area contributed by atoms with Crippen molar-refractivity contribution in [3.8, 4) is 0 Å². The number of nitrogens with zero attached hydrogens (tertiary/aromatic N) is 4. The lowest BCUT2D eigenvalue weighted by Gasteiger charge is -2.27. The number of nitrogens with one attached hydrogen (secondary N) is 1. The molecule has 2 aromatic heterocycles. The lowest BCUT2D eigenvalue weighted by atomic mass is 10.2. The standard InChI is InChI=1S/C21H25N5O2/c27-21(17-5-8-22-9-6-17)23-10-7-20-24-18-3-1-2-4-19(18)26(20)12-11-25-13-15-28-16-14-25/h1-6,8-9H,7,10-16H2,(H,23,27). The molecule has 1 N–H and O–H groups in total. The van der Waals surface area contributed by atoms with Gasteiger partial charge in [0.05, 0.1) is 24.2 Å². The topological polar surface area (TPSA) is 72.3 Å². The van der Waals surface area contributed by atoms with Crippen LogP contribution < -0.4 is 5.32 Å². The van der Waals surface area contributed by atoms with Gasteiger partial charge in [-0.3, -0.25) is 14.7 Å². The molecule has 28 heavy (non-hydrogen) atoms. The van der Waals surface area contributed by atoms with Gasteiger partial charge in [-0.15, -0.1) is 0 Å². The Labute approximate surface area is 164 Å². The molecule has 0 atom stereocenters. The smallest absolute Gasteiger partial charge is 0.251 e. The van der Waals surface area contributed by atoms with E-state index in [1.165, 1.54) is 0 Å². The second-order valence-corrected chi connectivity index (χ2v) is 6.86. The number of hydrogen-bond acceptors (Lipinski definition) is 5. The van der Waals surface area contributed by atoms with Gasteiger partial charge >= 0.3 is 0 Å². The van der Waals surface area contributed by atoms with Gasteiger partial charge in [0.15, 0.2) is 0 Å². The number of rotatable bonds is 7. The number of para-hydroxylation sites is 2. The van der Waals surface area contributed by atoms with Gasteiger partial charge in [0.2, 0.25) is 0 Å². The minimum atomic E-state index is -0.0848. The Hall–Kier alpha value is -2.77. The van der Waals surface area contributed by atoms with Gasteiger partial charge in [-0.25, -0.2) is 4.98 Å². The Morgan fingerprint density at radius 3 is 2.68 bits per heavy atom. The van der Waals surface area contributed by atoms with Gasteiger partial charge in [-0.05, 0) is 24.3 Å². The summed E-state index contributed by atoms with van der Waals surface area (Å²) < 4.78 is 7.72. The lowest BCUT2D eigenvalue weighted by Crippen LogP contribution is -2.38. The number of morpholine rings is 1. The highest BCUT2D eigenvalue weighted by Gasteiger charge is 2.14. The van der Waals surface area contributed by atoms with E-state index in [4.69, 9.17) is 9.72 Å². The average molecular weight is 379 g/mol. The SMILES string of the molecule is O=C(NCCc1nc2ccccc2n1CCN1CCOCC1)c1ccncc1. The van der Waals surface area contributed by atoms with Gasteiger partial charge in [-0.1, -0.05) is 12.1 Å². The highest BCUT2D eigenvalue weighted by Crippen LogP contribution is 2.16. The summed E-state index contributed by atoms with van der Waals surface area (Å²) in [7, 11) is 0. The molecule has 0 aliphatic carbocycles. The fourth-order valence-electron chi connectivity index (χ4n) is 3.53. The third kappa shape index (κ3) is 4.37. The molecule has 0 radical (unpaired) electrons. The van der Waals surface area contributed by atoms with E-state index >= 15 is 0 Å². The lowest BCUT2D eigenvalue weighted by molar-refractivity contribution is 0.0364. The van der Waals surface area contributed by atoms with E-state index in [1.807, 2.05) is 18.2 Å². The van der Waals surface area contributed by atoms with Crippen molar-refractivity contribution in [3.63, 3.8) is 0 Å². The number of imidazole rings is 1. The maximum absolute atomic E-state index is 12.2. The van der Waals surface area contributed by atoms with Crippen LogP contribution in [0.3, 0.4) is 0 Å². The molecule has 1 aliphatic rings. The number of ether oxygens (including phenoxy) is 1. The number of aromatic nitrogens is 3. The van der Waals surface area contributed by atoms with Crippen molar-refractivity contribution in [2.24, 2.45) is 0 Å². The number of fused-ring (bicyclic) bond motifs is 1. The summed E-state index contributed by atoms with van der Waals surface area (Å²) in [5, 5.41) is 2.98. The molecule has 7 heteroatoms. The molecule has 1 aliphatic heterocycles. The Morgan fingerprint density at radius 1 is 1.07 bits per heavy atom. The van der Waals surface area contributed by atoms with Crippen LogP contribution >= 0.6 is 0 Å². The zero-order valence-electron chi connectivity index (χ0n) is 15.9. The number of hydrogen-bond donors (Lipinski definition) is 1. The zero-order chi connectivity index (χ0) is 19.2. The summed E-state index contributed by atoms with van der Waals surface area (Å²) >= 11 is 0. The molecular weight excluding hydrogens is 354 g/mol. The Kier molecular flexibility index (Phi) is 5.94. The van der Waals surface area contributed by atoms with Gasteiger partial charge in [0.1, 0.15) is 5.82 Å². The van der Waals surface area contributed by atoms with E-state index in [0.717, 1.165) is 56.3 Å². The molecular formula is C21H25N5O2. The molecule has 3 heterocycles. The Bertz CT molecular complexity index is 919. The summed E-state index contributed by atoms with van der Waals surface area (Å²) in [6.07, 6.45) is 3.94. The van der Waals surface area contributed by atoms with E-state index in [0.29, 0.717) is 18.5 Å². The molecule has 146 valence electrons. The second kappa shape index (κ2) is 8.95. The van der Waals surface area contributed by atoms with Crippen LogP contribution in [0.1, 0.15) is 16.2 Å².